The predicted octanol–water partition coefficient (Wildman–Crippen LogP) is 4.48. The molecule has 0 amide bonds. The molecule has 1 aromatic heterocycles. The molecule has 0 aliphatic heterocycles. The van der Waals surface area contributed by atoms with Crippen LogP contribution in [0.3, 0.4) is 0 Å². The van der Waals surface area contributed by atoms with Gasteiger partial charge in [-0.2, -0.15) is 13.2 Å². The Morgan fingerprint density at radius 2 is 1.75 bits per heavy atom. The fourth-order valence-corrected chi connectivity index (χ4v) is 2.14. The molecular weight excluding hydrogens is 279 g/mol. The first-order chi connectivity index (χ1) is 9.15. The number of hydrogen-bond acceptors (Lipinski definition) is 1. The topological polar surface area (TPSA) is 12.9 Å². The number of benzene rings is 1. The maximum absolute atomic E-state index is 12.6. The minimum Gasteiger partial charge on any atom is -0.247 e. The predicted molar refractivity (Wildman–Crippen MR) is 77.0 cm³/mol. The van der Waals surface area contributed by atoms with Crippen molar-refractivity contribution >= 4 is 18.8 Å². The number of hydrogen-bond donors (Lipinski definition) is 0. The first-order valence-corrected chi connectivity index (χ1v) is 9.65. The Hall–Kier alpha value is -1.80. The first kappa shape index (κ1) is 14.6. The van der Waals surface area contributed by atoms with Gasteiger partial charge in [-0.25, -0.2) is 4.98 Å². The molecule has 0 atom stereocenters. The van der Waals surface area contributed by atoms with Crippen LogP contribution >= 0.6 is 0 Å². The summed E-state index contributed by atoms with van der Waals surface area (Å²) in [6.07, 6.45) is -2.89. The third-order valence-corrected chi connectivity index (χ3v) is 3.49. The van der Waals surface area contributed by atoms with Gasteiger partial charge in [0, 0.05) is 11.6 Å². The van der Waals surface area contributed by atoms with Crippen molar-refractivity contribution in [3.63, 3.8) is 0 Å². The number of aromatic nitrogens is 1. The summed E-state index contributed by atoms with van der Waals surface area (Å²) in [5.41, 5.74) is 3.12. The van der Waals surface area contributed by atoms with E-state index in [9.17, 15) is 13.2 Å². The van der Waals surface area contributed by atoms with Crippen molar-refractivity contribution < 1.29 is 13.2 Å². The molecule has 0 saturated heterocycles. The number of rotatable bonds is 0. The van der Waals surface area contributed by atoms with E-state index in [0.29, 0.717) is 16.5 Å². The van der Waals surface area contributed by atoms with E-state index in [4.69, 9.17) is 0 Å². The highest BCUT2D eigenvalue weighted by atomic mass is 28.3. The molecule has 0 bridgehead atoms. The molecule has 2 rings (SSSR count). The van der Waals surface area contributed by atoms with Crippen molar-refractivity contribution in [2.24, 2.45) is 0 Å². The molecule has 1 aromatic carbocycles. The fourth-order valence-electron chi connectivity index (χ4n) is 1.64. The van der Waals surface area contributed by atoms with Crippen LogP contribution in [0.15, 0.2) is 30.5 Å². The van der Waals surface area contributed by atoms with E-state index in [2.05, 4.69) is 36.1 Å². The van der Waals surface area contributed by atoms with Gasteiger partial charge in [0.2, 0.25) is 0 Å². The van der Waals surface area contributed by atoms with Gasteiger partial charge in [-0.1, -0.05) is 31.6 Å². The smallest absolute Gasteiger partial charge is 0.247 e. The van der Waals surface area contributed by atoms with Crippen LogP contribution in [-0.2, 0) is 6.18 Å². The lowest BCUT2D eigenvalue weighted by Crippen LogP contribution is -2.16. The molecule has 0 saturated carbocycles. The molecule has 0 unspecified atom stereocenters. The second-order valence-electron chi connectivity index (χ2n) is 5.63. The van der Waals surface area contributed by atoms with Gasteiger partial charge in [0.1, 0.15) is 13.8 Å². The zero-order valence-corrected chi connectivity index (χ0v) is 12.5. The van der Waals surface area contributed by atoms with Crippen LogP contribution in [0.25, 0.3) is 10.8 Å². The molecule has 5 heteroatoms. The average molecular weight is 293 g/mol. The lowest BCUT2D eigenvalue weighted by molar-refractivity contribution is -0.137. The van der Waals surface area contributed by atoms with Gasteiger partial charge < -0.3 is 0 Å². The van der Waals surface area contributed by atoms with Crippen LogP contribution in [0.4, 0.5) is 13.2 Å². The molecule has 0 spiro atoms. The van der Waals surface area contributed by atoms with Crippen LogP contribution < -0.4 is 0 Å². The number of alkyl halides is 3. The van der Waals surface area contributed by atoms with Gasteiger partial charge in [-0.15, -0.1) is 5.54 Å². The Labute approximate surface area is 116 Å². The van der Waals surface area contributed by atoms with Crippen LogP contribution in [-0.4, -0.2) is 13.1 Å². The lowest BCUT2D eigenvalue weighted by atomic mass is 10.1. The molecule has 20 heavy (non-hydrogen) atoms. The zero-order chi connectivity index (χ0) is 15.0. The summed E-state index contributed by atoms with van der Waals surface area (Å²) in [6.45, 7) is 6.37. The fraction of sp³-hybridized carbons (Fsp3) is 0.267. The Bertz CT molecular complexity index is 703. The third-order valence-electron chi connectivity index (χ3n) is 2.61. The highest BCUT2D eigenvalue weighted by Gasteiger charge is 2.30. The number of pyridine rings is 1. The van der Waals surface area contributed by atoms with Gasteiger partial charge in [-0.3, -0.25) is 0 Å². The summed E-state index contributed by atoms with van der Waals surface area (Å²) < 4.78 is 37.8. The van der Waals surface area contributed by atoms with Crippen molar-refractivity contribution in [3.8, 4) is 11.5 Å². The summed E-state index contributed by atoms with van der Waals surface area (Å²) in [4.78, 5) is 4.11. The van der Waals surface area contributed by atoms with E-state index in [1.54, 1.807) is 6.07 Å². The van der Waals surface area contributed by atoms with Crippen molar-refractivity contribution in [1.29, 1.82) is 0 Å². The Morgan fingerprint density at radius 3 is 2.35 bits per heavy atom. The normalized spacial score (nSPS) is 12.1. The molecule has 0 radical (unpaired) electrons. The second-order valence-corrected chi connectivity index (χ2v) is 10.4. The van der Waals surface area contributed by atoms with Crippen molar-refractivity contribution in [2.75, 3.05) is 0 Å². The van der Waals surface area contributed by atoms with Crippen molar-refractivity contribution in [2.45, 2.75) is 25.8 Å². The van der Waals surface area contributed by atoms with Crippen LogP contribution in [0, 0.1) is 11.5 Å². The molecule has 1 heterocycles. The highest BCUT2D eigenvalue weighted by Crippen LogP contribution is 2.31. The SMILES string of the molecule is C[Si](C)(C)C#Cc1cc2ccc(C(F)(F)F)cc2cn1. The molecule has 104 valence electrons. The van der Waals surface area contributed by atoms with E-state index in [1.807, 2.05) is 0 Å². The Morgan fingerprint density at radius 1 is 1.05 bits per heavy atom. The second kappa shape index (κ2) is 4.95. The molecule has 0 aliphatic carbocycles. The quantitative estimate of drug-likeness (QED) is 0.515. The molecule has 0 N–H and O–H groups in total. The third kappa shape index (κ3) is 3.61. The van der Waals surface area contributed by atoms with E-state index in [-0.39, 0.29) is 0 Å². The average Bonchev–Trinajstić information content (AvgIpc) is 2.33. The lowest BCUT2D eigenvalue weighted by Gasteiger charge is -2.07. The minimum atomic E-state index is -4.33. The number of fused-ring (bicyclic) bond motifs is 1. The van der Waals surface area contributed by atoms with Crippen molar-refractivity contribution in [1.82, 2.24) is 4.98 Å². The van der Waals surface area contributed by atoms with Gasteiger partial charge >= 0.3 is 6.18 Å². The standard InChI is InChI=1S/C15H14F3NSi/c1-20(2,3)7-6-14-9-11-4-5-13(15(16,17)18)8-12(11)10-19-14/h4-5,8-10H,1-3H3. The summed E-state index contributed by atoms with van der Waals surface area (Å²) in [5, 5.41) is 1.19. The monoisotopic (exact) mass is 293 g/mol. The zero-order valence-electron chi connectivity index (χ0n) is 11.5. The molecule has 1 nitrogen and oxygen atoms in total. The maximum atomic E-state index is 12.6. The molecular formula is C15H14F3NSi. The summed E-state index contributed by atoms with van der Waals surface area (Å²) >= 11 is 0. The van der Waals surface area contributed by atoms with Gasteiger partial charge in [0.15, 0.2) is 0 Å². The highest BCUT2D eigenvalue weighted by molar-refractivity contribution is 6.83. The molecule has 0 fully saturated rings. The summed E-state index contributed by atoms with van der Waals surface area (Å²) in [5.74, 6) is 3.00. The van der Waals surface area contributed by atoms with E-state index in [1.165, 1.54) is 12.3 Å². The van der Waals surface area contributed by atoms with Crippen LogP contribution in [0.1, 0.15) is 11.3 Å². The van der Waals surface area contributed by atoms with Crippen molar-refractivity contribution in [3.05, 3.63) is 41.7 Å². The number of halogens is 3. The Kier molecular flexibility index (Phi) is 3.61. The van der Waals surface area contributed by atoms with Gasteiger partial charge in [0.05, 0.1) is 5.56 Å². The first-order valence-electron chi connectivity index (χ1n) is 6.15. The van der Waals surface area contributed by atoms with Crippen LogP contribution in [0.5, 0.6) is 0 Å². The molecule has 2 aromatic rings. The summed E-state index contributed by atoms with van der Waals surface area (Å²) in [6, 6.07) is 5.37. The summed E-state index contributed by atoms with van der Waals surface area (Å²) in [7, 11) is -1.49. The van der Waals surface area contributed by atoms with E-state index in [0.717, 1.165) is 12.1 Å². The van der Waals surface area contributed by atoms with Gasteiger partial charge in [-0.05, 0) is 23.6 Å². The van der Waals surface area contributed by atoms with Gasteiger partial charge in [0.25, 0.3) is 0 Å². The largest absolute Gasteiger partial charge is 0.416 e. The Balaban J connectivity index is 2.44. The number of nitrogens with zero attached hydrogens (tertiary/aromatic N) is 1. The van der Waals surface area contributed by atoms with E-state index < -0.39 is 19.8 Å². The van der Waals surface area contributed by atoms with Crippen LogP contribution in [0.2, 0.25) is 19.6 Å². The van der Waals surface area contributed by atoms with E-state index >= 15 is 0 Å². The maximum Gasteiger partial charge on any atom is 0.416 e. The minimum absolute atomic E-state index is 0.471. The molecule has 0 aliphatic rings.